The summed E-state index contributed by atoms with van der Waals surface area (Å²) in [5, 5.41) is 18.2. The van der Waals surface area contributed by atoms with Crippen LogP contribution in [0.5, 0.6) is 0 Å². The minimum absolute atomic E-state index is 0.304. The molecule has 1 atom stereocenters. The molecule has 0 bridgehead atoms. The first-order valence-electron chi connectivity index (χ1n) is 6.64. The van der Waals surface area contributed by atoms with Gasteiger partial charge >= 0.3 is 5.97 Å². The summed E-state index contributed by atoms with van der Waals surface area (Å²) in [6, 6.07) is 19.5. The molecular weight excluding hydrogens is 262 g/mol. The molecule has 3 heteroatoms. The van der Waals surface area contributed by atoms with Gasteiger partial charge in [-0.1, -0.05) is 54.6 Å². The molecule has 0 spiro atoms. The summed E-state index contributed by atoms with van der Waals surface area (Å²) >= 11 is 0. The summed E-state index contributed by atoms with van der Waals surface area (Å²) in [6.07, 6.45) is 3.23. The van der Waals surface area contributed by atoms with Gasteiger partial charge in [-0.15, -0.1) is 0 Å². The Labute approximate surface area is 123 Å². The highest BCUT2D eigenvalue weighted by Crippen LogP contribution is 2.24. The van der Waals surface area contributed by atoms with Crippen molar-refractivity contribution in [2.75, 3.05) is 0 Å². The summed E-state index contributed by atoms with van der Waals surface area (Å²) in [7, 11) is 0. The number of carboxylic acid groups (broad SMARTS) is 1. The van der Waals surface area contributed by atoms with Gasteiger partial charge in [-0.25, -0.2) is 4.79 Å². The number of rotatable bonds is 5. The van der Waals surface area contributed by atoms with Crippen LogP contribution < -0.4 is 0 Å². The molecule has 1 unspecified atom stereocenters. The largest absolute Gasteiger partial charge is 0.478 e. The van der Waals surface area contributed by atoms with E-state index in [0.717, 1.165) is 22.8 Å². The first kappa shape index (κ1) is 14.5. The van der Waals surface area contributed by atoms with Crippen LogP contribution in [0.1, 0.15) is 22.6 Å². The molecule has 3 nitrogen and oxygen atoms in total. The van der Waals surface area contributed by atoms with Gasteiger partial charge in [0, 0.05) is 6.08 Å². The molecule has 2 rings (SSSR count). The van der Waals surface area contributed by atoms with Gasteiger partial charge in [0.25, 0.3) is 0 Å². The lowest BCUT2D eigenvalue weighted by atomic mass is 9.90. The Morgan fingerprint density at radius 1 is 1.14 bits per heavy atom. The number of benzene rings is 2. The van der Waals surface area contributed by atoms with Crippen LogP contribution in [0.25, 0.3) is 6.08 Å². The fourth-order valence-corrected chi connectivity index (χ4v) is 2.22. The van der Waals surface area contributed by atoms with E-state index >= 15 is 0 Å². The Hall–Kier alpha value is -2.86. The monoisotopic (exact) mass is 277 g/mol. The van der Waals surface area contributed by atoms with E-state index in [1.807, 2.05) is 54.6 Å². The molecule has 0 heterocycles. The summed E-state index contributed by atoms with van der Waals surface area (Å²) in [5.41, 5.74) is 2.70. The van der Waals surface area contributed by atoms with Crippen molar-refractivity contribution in [1.29, 1.82) is 5.26 Å². The van der Waals surface area contributed by atoms with Crippen LogP contribution in [0.3, 0.4) is 0 Å². The van der Waals surface area contributed by atoms with Crippen LogP contribution in [0, 0.1) is 11.3 Å². The second kappa shape index (κ2) is 7.06. The summed E-state index contributed by atoms with van der Waals surface area (Å²) in [4.78, 5) is 10.7. The molecule has 0 amide bonds. The number of nitrogens with zero attached hydrogens (tertiary/aromatic N) is 1. The van der Waals surface area contributed by atoms with Crippen LogP contribution in [-0.4, -0.2) is 11.1 Å². The standard InChI is InChI=1S/C18H15NO2/c19-13-16(12-14-6-2-1-3-7-14)17-9-5-4-8-15(17)10-11-18(20)21/h1-11,16H,12H2,(H,20,21)/b11-10+. The second-order valence-electron chi connectivity index (χ2n) is 4.67. The average Bonchev–Trinajstić information content (AvgIpc) is 2.52. The molecule has 2 aromatic carbocycles. The molecule has 0 aliphatic carbocycles. The smallest absolute Gasteiger partial charge is 0.328 e. The molecule has 2 aromatic rings. The second-order valence-corrected chi connectivity index (χ2v) is 4.67. The molecule has 0 aliphatic heterocycles. The van der Waals surface area contributed by atoms with Gasteiger partial charge in [-0.05, 0) is 29.2 Å². The molecule has 0 radical (unpaired) electrons. The third-order valence-corrected chi connectivity index (χ3v) is 3.22. The molecule has 0 fully saturated rings. The van der Waals surface area contributed by atoms with Crippen LogP contribution in [0.15, 0.2) is 60.7 Å². The Bertz CT molecular complexity index is 684. The molecule has 0 saturated carbocycles. The number of nitriles is 1. The van der Waals surface area contributed by atoms with Crippen molar-refractivity contribution in [3.63, 3.8) is 0 Å². The first-order valence-corrected chi connectivity index (χ1v) is 6.64. The number of carboxylic acids is 1. The molecule has 1 N–H and O–H groups in total. The summed E-state index contributed by atoms with van der Waals surface area (Å²) in [5.74, 6) is -1.30. The zero-order valence-electron chi connectivity index (χ0n) is 11.4. The van der Waals surface area contributed by atoms with Crippen molar-refractivity contribution < 1.29 is 9.90 Å². The number of hydrogen-bond acceptors (Lipinski definition) is 2. The van der Waals surface area contributed by atoms with E-state index in [4.69, 9.17) is 5.11 Å². The lowest BCUT2D eigenvalue weighted by Crippen LogP contribution is -2.02. The van der Waals surface area contributed by atoms with E-state index < -0.39 is 5.97 Å². The van der Waals surface area contributed by atoms with Crippen LogP contribution >= 0.6 is 0 Å². The SMILES string of the molecule is N#CC(Cc1ccccc1)c1ccccc1/C=C/C(=O)O. The third kappa shape index (κ3) is 4.05. The van der Waals surface area contributed by atoms with Gasteiger partial charge in [0.2, 0.25) is 0 Å². The maximum atomic E-state index is 10.7. The lowest BCUT2D eigenvalue weighted by molar-refractivity contribution is -0.131. The average molecular weight is 277 g/mol. The van der Waals surface area contributed by atoms with E-state index in [-0.39, 0.29) is 5.92 Å². The first-order chi connectivity index (χ1) is 10.2. The summed E-state index contributed by atoms with van der Waals surface area (Å²) in [6.45, 7) is 0. The zero-order valence-corrected chi connectivity index (χ0v) is 11.4. The van der Waals surface area contributed by atoms with Crippen molar-refractivity contribution in [3.8, 4) is 6.07 Å². The predicted octanol–water partition coefficient (Wildman–Crippen LogP) is 3.63. The molecule has 104 valence electrons. The quantitative estimate of drug-likeness (QED) is 0.849. The highest BCUT2D eigenvalue weighted by Gasteiger charge is 2.14. The van der Waals surface area contributed by atoms with Crippen LogP contribution in [0.4, 0.5) is 0 Å². The molecular formula is C18H15NO2. The van der Waals surface area contributed by atoms with E-state index in [1.54, 1.807) is 0 Å². The number of hydrogen-bond donors (Lipinski definition) is 1. The molecule has 21 heavy (non-hydrogen) atoms. The predicted molar refractivity (Wildman–Crippen MR) is 81.6 cm³/mol. The van der Waals surface area contributed by atoms with Gasteiger partial charge in [0.05, 0.1) is 12.0 Å². The fourth-order valence-electron chi connectivity index (χ4n) is 2.22. The van der Waals surface area contributed by atoms with Crippen molar-refractivity contribution in [2.45, 2.75) is 12.3 Å². The Kier molecular flexibility index (Phi) is 4.89. The van der Waals surface area contributed by atoms with Gasteiger partial charge in [0.15, 0.2) is 0 Å². The maximum absolute atomic E-state index is 10.7. The third-order valence-electron chi connectivity index (χ3n) is 3.22. The van der Waals surface area contributed by atoms with Gasteiger partial charge in [-0.3, -0.25) is 0 Å². The van der Waals surface area contributed by atoms with Crippen molar-refractivity contribution in [1.82, 2.24) is 0 Å². The molecule has 0 aliphatic rings. The van der Waals surface area contributed by atoms with Crippen molar-refractivity contribution >= 4 is 12.0 Å². The minimum Gasteiger partial charge on any atom is -0.478 e. The highest BCUT2D eigenvalue weighted by atomic mass is 16.4. The Morgan fingerprint density at radius 3 is 2.48 bits per heavy atom. The van der Waals surface area contributed by atoms with E-state index in [2.05, 4.69) is 6.07 Å². The highest BCUT2D eigenvalue weighted by molar-refractivity contribution is 5.85. The maximum Gasteiger partial charge on any atom is 0.328 e. The normalized spacial score (nSPS) is 12.0. The van der Waals surface area contributed by atoms with Gasteiger partial charge < -0.3 is 5.11 Å². The van der Waals surface area contributed by atoms with Crippen LogP contribution in [0.2, 0.25) is 0 Å². The number of carbonyl (C=O) groups is 1. The van der Waals surface area contributed by atoms with Gasteiger partial charge in [0.1, 0.15) is 0 Å². The number of aliphatic carboxylic acids is 1. The van der Waals surface area contributed by atoms with Crippen molar-refractivity contribution in [2.24, 2.45) is 0 Å². The lowest BCUT2D eigenvalue weighted by Gasteiger charge is -2.12. The summed E-state index contributed by atoms with van der Waals surface area (Å²) < 4.78 is 0. The minimum atomic E-state index is -0.999. The molecule has 0 aromatic heterocycles. The van der Waals surface area contributed by atoms with E-state index in [9.17, 15) is 10.1 Å². The fraction of sp³-hybridized carbons (Fsp3) is 0.111. The Morgan fingerprint density at radius 2 is 1.81 bits per heavy atom. The van der Waals surface area contributed by atoms with Crippen molar-refractivity contribution in [3.05, 3.63) is 77.4 Å². The van der Waals surface area contributed by atoms with E-state index in [0.29, 0.717) is 6.42 Å². The topological polar surface area (TPSA) is 61.1 Å². The van der Waals surface area contributed by atoms with Crippen LogP contribution in [-0.2, 0) is 11.2 Å². The van der Waals surface area contributed by atoms with E-state index in [1.165, 1.54) is 6.08 Å². The Balaban J connectivity index is 2.30. The zero-order chi connectivity index (χ0) is 15.1. The van der Waals surface area contributed by atoms with Gasteiger partial charge in [-0.2, -0.15) is 5.26 Å². The molecule has 0 saturated heterocycles.